The quantitative estimate of drug-likeness (QED) is 0.495. The monoisotopic (exact) mass is 472 g/mol. The number of amides is 3. The molecule has 2 fully saturated rings. The van der Waals surface area contributed by atoms with E-state index < -0.39 is 0 Å². The smallest absolute Gasteiger partial charge is 0.233 e. The fraction of sp³-hybridized carbons (Fsp3) is 0.393. The van der Waals surface area contributed by atoms with Crippen LogP contribution in [0.1, 0.15) is 24.8 Å². The molecule has 0 spiro atoms. The number of benzene rings is 2. The van der Waals surface area contributed by atoms with Gasteiger partial charge in [0.15, 0.2) is 0 Å². The van der Waals surface area contributed by atoms with Crippen molar-refractivity contribution in [3.63, 3.8) is 0 Å². The van der Waals surface area contributed by atoms with Crippen LogP contribution in [-0.2, 0) is 20.9 Å². The summed E-state index contributed by atoms with van der Waals surface area (Å²) in [5.41, 5.74) is 3.21. The number of hydrogen-bond donors (Lipinski definition) is 1. The highest BCUT2D eigenvalue weighted by molar-refractivity contribution is 6.05. The molecule has 7 nitrogen and oxygen atoms in total. The van der Waals surface area contributed by atoms with E-state index in [0.29, 0.717) is 12.8 Å². The van der Waals surface area contributed by atoms with Crippen LogP contribution in [-0.4, -0.2) is 60.2 Å². The summed E-state index contributed by atoms with van der Waals surface area (Å²) < 4.78 is 0. The Morgan fingerprint density at radius 2 is 1.46 bits per heavy atom. The molecule has 2 aromatic carbocycles. The average Bonchev–Trinajstić information content (AvgIpc) is 3.14. The largest absolute Gasteiger partial charge is 0.369 e. The molecule has 35 heavy (non-hydrogen) atoms. The topological polar surface area (TPSA) is 73.0 Å². The Kier molecular flexibility index (Phi) is 6.95. The molecule has 0 bridgehead atoms. The number of hydrogen-bond acceptors (Lipinski definition) is 5. The van der Waals surface area contributed by atoms with Crippen molar-refractivity contribution < 1.29 is 14.4 Å². The Morgan fingerprint density at radius 1 is 0.829 bits per heavy atom. The molecule has 1 aliphatic carbocycles. The second kappa shape index (κ2) is 10.4. The van der Waals surface area contributed by atoms with Gasteiger partial charge in [-0.25, -0.2) is 0 Å². The lowest BCUT2D eigenvalue weighted by Gasteiger charge is -2.36. The Labute approximate surface area is 206 Å². The van der Waals surface area contributed by atoms with Gasteiger partial charge in [0.25, 0.3) is 0 Å². The third-order valence-corrected chi connectivity index (χ3v) is 7.30. The van der Waals surface area contributed by atoms with Crippen LogP contribution in [0.4, 0.5) is 11.4 Å². The molecule has 3 aliphatic rings. The molecule has 5 rings (SSSR count). The minimum Gasteiger partial charge on any atom is -0.369 e. The first-order valence-corrected chi connectivity index (χ1v) is 12.5. The van der Waals surface area contributed by atoms with Crippen LogP contribution in [0, 0.1) is 11.8 Å². The number of imide groups is 1. The van der Waals surface area contributed by atoms with Gasteiger partial charge in [-0.1, -0.05) is 42.5 Å². The van der Waals surface area contributed by atoms with Gasteiger partial charge in [0.05, 0.1) is 11.8 Å². The summed E-state index contributed by atoms with van der Waals surface area (Å²) in [6.45, 7) is 5.08. The van der Waals surface area contributed by atoms with Gasteiger partial charge in [0, 0.05) is 57.1 Å². The van der Waals surface area contributed by atoms with E-state index in [1.54, 1.807) is 0 Å². The minimum absolute atomic E-state index is 0.107. The lowest BCUT2D eigenvalue weighted by Crippen LogP contribution is -2.45. The van der Waals surface area contributed by atoms with E-state index in [1.807, 2.05) is 42.5 Å². The molecule has 2 saturated heterocycles. The molecule has 7 heteroatoms. The lowest BCUT2D eigenvalue weighted by atomic mass is 9.85. The fourth-order valence-corrected chi connectivity index (χ4v) is 5.29. The number of fused-ring (bicyclic) bond motifs is 1. The molecule has 182 valence electrons. The van der Waals surface area contributed by atoms with Crippen molar-refractivity contribution >= 4 is 29.1 Å². The van der Waals surface area contributed by atoms with Crippen LogP contribution < -0.4 is 10.2 Å². The zero-order chi connectivity index (χ0) is 24.2. The Bertz CT molecular complexity index is 1060. The number of carbonyl (C=O) groups is 3. The molecule has 0 aromatic heterocycles. The van der Waals surface area contributed by atoms with Gasteiger partial charge in [-0.2, -0.15) is 0 Å². The predicted molar refractivity (Wildman–Crippen MR) is 136 cm³/mol. The van der Waals surface area contributed by atoms with Crippen molar-refractivity contribution in [2.45, 2.75) is 25.8 Å². The van der Waals surface area contributed by atoms with Gasteiger partial charge in [-0.15, -0.1) is 0 Å². The third-order valence-electron chi connectivity index (χ3n) is 7.30. The van der Waals surface area contributed by atoms with E-state index in [-0.39, 0.29) is 42.5 Å². The number of anilines is 2. The van der Waals surface area contributed by atoms with Crippen LogP contribution in [0.2, 0.25) is 0 Å². The SMILES string of the molecule is O=C(CCN1C(=O)C2CC=CCC2C1=O)Nc1ccc(N2CCN(Cc3ccccc3)CC2)cc1. The first kappa shape index (κ1) is 23.3. The molecule has 0 radical (unpaired) electrons. The lowest BCUT2D eigenvalue weighted by molar-refractivity contribution is -0.140. The first-order chi connectivity index (χ1) is 17.1. The molecule has 2 aliphatic heterocycles. The fourth-order valence-electron chi connectivity index (χ4n) is 5.29. The zero-order valence-electron chi connectivity index (χ0n) is 19.9. The number of nitrogens with zero attached hydrogens (tertiary/aromatic N) is 3. The van der Waals surface area contributed by atoms with E-state index in [0.717, 1.165) is 44.1 Å². The van der Waals surface area contributed by atoms with Gasteiger partial charge < -0.3 is 10.2 Å². The normalized spacial score (nSPS) is 22.4. The van der Waals surface area contributed by atoms with Gasteiger partial charge in [-0.05, 0) is 42.7 Å². The minimum atomic E-state index is -0.247. The molecular weight excluding hydrogens is 440 g/mol. The van der Waals surface area contributed by atoms with Gasteiger partial charge in [0.2, 0.25) is 17.7 Å². The second-order valence-corrected chi connectivity index (χ2v) is 9.58. The summed E-state index contributed by atoms with van der Waals surface area (Å²) in [6, 6.07) is 18.5. The number of piperazine rings is 1. The van der Waals surface area contributed by atoms with E-state index in [1.165, 1.54) is 10.5 Å². The maximum Gasteiger partial charge on any atom is 0.233 e. The molecule has 0 saturated carbocycles. The molecule has 2 aromatic rings. The number of allylic oxidation sites excluding steroid dienone is 2. The summed E-state index contributed by atoms with van der Waals surface area (Å²) in [6.07, 6.45) is 5.28. The van der Waals surface area contributed by atoms with Crippen molar-refractivity contribution in [2.24, 2.45) is 11.8 Å². The summed E-state index contributed by atoms with van der Waals surface area (Å²) in [5.74, 6) is -0.955. The molecule has 2 heterocycles. The van der Waals surface area contributed by atoms with E-state index in [2.05, 4.69) is 39.4 Å². The average molecular weight is 473 g/mol. The number of carbonyl (C=O) groups excluding carboxylic acids is 3. The van der Waals surface area contributed by atoms with Crippen molar-refractivity contribution in [3.05, 3.63) is 72.3 Å². The second-order valence-electron chi connectivity index (χ2n) is 9.58. The van der Waals surface area contributed by atoms with Crippen molar-refractivity contribution in [3.8, 4) is 0 Å². The summed E-state index contributed by atoms with van der Waals surface area (Å²) in [5, 5.41) is 2.90. The maximum absolute atomic E-state index is 12.6. The summed E-state index contributed by atoms with van der Waals surface area (Å²) in [7, 11) is 0. The van der Waals surface area contributed by atoms with E-state index >= 15 is 0 Å². The standard InChI is InChI=1S/C28H32N4O3/c33-26(14-15-32-27(34)24-8-4-5-9-25(24)28(32)35)29-22-10-12-23(13-11-22)31-18-16-30(17-19-31)20-21-6-2-1-3-7-21/h1-7,10-13,24-25H,8-9,14-20H2,(H,29,33). The van der Waals surface area contributed by atoms with Crippen LogP contribution in [0.3, 0.4) is 0 Å². The van der Waals surface area contributed by atoms with E-state index in [4.69, 9.17) is 0 Å². The molecule has 1 N–H and O–H groups in total. The molecule has 3 amide bonds. The van der Waals surface area contributed by atoms with Crippen molar-refractivity contribution in [1.29, 1.82) is 0 Å². The van der Waals surface area contributed by atoms with Crippen molar-refractivity contribution in [2.75, 3.05) is 42.9 Å². The predicted octanol–water partition coefficient (Wildman–Crippen LogP) is 3.29. The van der Waals surface area contributed by atoms with Crippen LogP contribution in [0.5, 0.6) is 0 Å². The maximum atomic E-state index is 12.6. The number of likely N-dealkylation sites (tertiary alicyclic amines) is 1. The highest BCUT2D eigenvalue weighted by Crippen LogP contribution is 2.35. The molecular formula is C28H32N4O3. The van der Waals surface area contributed by atoms with Gasteiger partial charge >= 0.3 is 0 Å². The van der Waals surface area contributed by atoms with E-state index in [9.17, 15) is 14.4 Å². The van der Waals surface area contributed by atoms with Crippen LogP contribution in [0.15, 0.2) is 66.7 Å². The van der Waals surface area contributed by atoms with Gasteiger partial charge in [0.1, 0.15) is 0 Å². The Morgan fingerprint density at radius 3 is 2.09 bits per heavy atom. The zero-order valence-corrected chi connectivity index (χ0v) is 19.9. The Hall–Kier alpha value is -3.45. The third kappa shape index (κ3) is 5.30. The molecule has 2 atom stereocenters. The van der Waals surface area contributed by atoms with Crippen LogP contribution >= 0.6 is 0 Å². The number of rotatable bonds is 7. The van der Waals surface area contributed by atoms with Crippen LogP contribution in [0.25, 0.3) is 0 Å². The number of nitrogens with one attached hydrogen (secondary N) is 1. The highest BCUT2D eigenvalue weighted by atomic mass is 16.2. The summed E-state index contributed by atoms with van der Waals surface area (Å²) >= 11 is 0. The molecule has 2 unspecified atom stereocenters. The van der Waals surface area contributed by atoms with Gasteiger partial charge in [-0.3, -0.25) is 24.2 Å². The highest BCUT2D eigenvalue weighted by Gasteiger charge is 2.46. The Balaban J connectivity index is 1.07. The first-order valence-electron chi connectivity index (χ1n) is 12.5. The summed E-state index contributed by atoms with van der Waals surface area (Å²) in [4.78, 5) is 43.7. The van der Waals surface area contributed by atoms with Crippen molar-refractivity contribution in [1.82, 2.24) is 9.80 Å².